The van der Waals surface area contributed by atoms with E-state index in [9.17, 15) is 4.79 Å². The van der Waals surface area contributed by atoms with Crippen LogP contribution in [0.3, 0.4) is 0 Å². The summed E-state index contributed by atoms with van der Waals surface area (Å²) in [5, 5.41) is 10.6. The molecule has 3 aromatic rings. The molecule has 1 aromatic carbocycles. The van der Waals surface area contributed by atoms with Gasteiger partial charge in [0.25, 0.3) is 5.91 Å². The molecule has 0 aliphatic carbocycles. The van der Waals surface area contributed by atoms with Gasteiger partial charge < -0.3 is 15.5 Å². The van der Waals surface area contributed by atoms with Crippen LogP contribution in [-0.4, -0.2) is 40.3 Å². The summed E-state index contributed by atoms with van der Waals surface area (Å²) in [5.74, 6) is 1.40. The maximum absolute atomic E-state index is 13.0. The van der Waals surface area contributed by atoms with Gasteiger partial charge in [-0.05, 0) is 68.1 Å². The second-order valence-corrected chi connectivity index (χ2v) is 8.22. The highest BCUT2D eigenvalue weighted by atomic mass is 16.1. The number of benzene rings is 1. The van der Waals surface area contributed by atoms with E-state index in [0.717, 1.165) is 67.8 Å². The second-order valence-electron chi connectivity index (χ2n) is 8.22. The van der Waals surface area contributed by atoms with Crippen LogP contribution in [0.15, 0.2) is 54.9 Å². The summed E-state index contributed by atoms with van der Waals surface area (Å²) >= 11 is 0. The lowest BCUT2D eigenvalue weighted by Crippen LogP contribution is -2.35. The smallest absolute Gasteiger partial charge is 0.259 e. The van der Waals surface area contributed by atoms with E-state index in [1.165, 1.54) is 0 Å². The Hall–Kier alpha value is -3.35. The number of nitrogens with zero attached hydrogens (tertiary/aromatic N) is 4. The van der Waals surface area contributed by atoms with Crippen molar-refractivity contribution in [1.82, 2.24) is 14.8 Å². The molecule has 7 heteroatoms. The molecule has 0 saturated carbocycles. The average Bonchev–Trinajstić information content (AvgIpc) is 3.29. The van der Waals surface area contributed by atoms with E-state index >= 15 is 0 Å². The van der Waals surface area contributed by atoms with Crippen LogP contribution >= 0.6 is 0 Å². The lowest BCUT2D eigenvalue weighted by molar-refractivity contribution is 0.102. The molecule has 1 aliphatic heterocycles. The highest BCUT2D eigenvalue weighted by Crippen LogP contribution is 2.26. The van der Waals surface area contributed by atoms with Crippen molar-refractivity contribution in [2.45, 2.75) is 33.2 Å². The summed E-state index contributed by atoms with van der Waals surface area (Å²) in [5.41, 5.74) is 3.32. The minimum atomic E-state index is -0.125. The summed E-state index contributed by atoms with van der Waals surface area (Å²) in [6.07, 6.45) is 5.98. The Kier molecular flexibility index (Phi) is 6.50. The molecular formula is C24H30N6O. The second kappa shape index (κ2) is 9.64. The van der Waals surface area contributed by atoms with Crippen LogP contribution in [0, 0.1) is 12.8 Å². The lowest BCUT2D eigenvalue weighted by Gasteiger charge is -2.32. The van der Waals surface area contributed by atoms with Gasteiger partial charge in [0.05, 0.1) is 12.1 Å². The van der Waals surface area contributed by atoms with Gasteiger partial charge in [0.2, 0.25) is 0 Å². The third-order valence-corrected chi connectivity index (χ3v) is 5.71. The number of rotatable bonds is 7. The number of anilines is 3. The molecule has 31 heavy (non-hydrogen) atoms. The van der Waals surface area contributed by atoms with Gasteiger partial charge in [0.1, 0.15) is 5.82 Å². The van der Waals surface area contributed by atoms with E-state index in [1.54, 1.807) is 6.20 Å². The highest BCUT2D eigenvalue weighted by Gasteiger charge is 2.22. The molecule has 3 heterocycles. The van der Waals surface area contributed by atoms with Crippen molar-refractivity contribution < 1.29 is 4.79 Å². The Balaban J connectivity index is 1.39. The Morgan fingerprint density at radius 1 is 1.10 bits per heavy atom. The van der Waals surface area contributed by atoms with Crippen molar-refractivity contribution >= 4 is 23.1 Å². The highest BCUT2D eigenvalue weighted by molar-refractivity contribution is 6.07. The molecule has 7 nitrogen and oxygen atoms in total. The normalized spacial score (nSPS) is 14.5. The van der Waals surface area contributed by atoms with Gasteiger partial charge in [0.15, 0.2) is 0 Å². The monoisotopic (exact) mass is 418 g/mol. The van der Waals surface area contributed by atoms with Crippen LogP contribution in [0.2, 0.25) is 0 Å². The number of aryl methyl sites for hydroxylation is 1. The standard InChI is InChI=1S/C24H30N6O/c1-18-10-15-29(16-11-18)23-22(9-4-19(2)27-23)24(31)28-21-7-5-20(6-8-21)25-13-17-30-14-3-12-26-30/h3-9,12,14,18,25H,10-11,13,15-17H2,1-2H3,(H,28,31). The van der Waals surface area contributed by atoms with Gasteiger partial charge in [-0.1, -0.05) is 6.92 Å². The summed E-state index contributed by atoms with van der Waals surface area (Å²) in [7, 11) is 0. The van der Waals surface area contributed by atoms with E-state index in [0.29, 0.717) is 5.56 Å². The van der Waals surface area contributed by atoms with E-state index < -0.39 is 0 Å². The third kappa shape index (κ3) is 5.42. The zero-order valence-corrected chi connectivity index (χ0v) is 18.2. The molecule has 0 atom stereocenters. The number of carbonyl (C=O) groups is 1. The van der Waals surface area contributed by atoms with Crippen LogP contribution in [0.25, 0.3) is 0 Å². The number of aromatic nitrogens is 3. The molecule has 1 fully saturated rings. The molecule has 1 amide bonds. The molecule has 1 saturated heterocycles. The summed E-state index contributed by atoms with van der Waals surface area (Å²) < 4.78 is 1.89. The third-order valence-electron chi connectivity index (χ3n) is 5.71. The molecule has 0 bridgehead atoms. The zero-order chi connectivity index (χ0) is 21.6. The molecule has 0 radical (unpaired) electrons. The SMILES string of the molecule is Cc1ccc(C(=O)Nc2ccc(NCCn3cccn3)cc2)c(N2CCC(C)CC2)n1. The van der Waals surface area contributed by atoms with Crippen molar-refractivity contribution in [2.24, 2.45) is 5.92 Å². The van der Waals surface area contributed by atoms with Crippen LogP contribution < -0.4 is 15.5 Å². The van der Waals surface area contributed by atoms with Gasteiger partial charge >= 0.3 is 0 Å². The first-order valence-corrected chi connectivity index (χ1v) is 10.9. The Morgan fingerprint density at radius 3 is 2.55 bits per heavy atom. The minimum Gasteiger partial charge on any atom is -0.383 e. The van der Waals surface area contributed by atoms with E-state index in [1.807, 2.05) is 60.3 Å². The zero-order valence-electron chi connectivity index (χ0n) is 18.2. The molecule has 0 spiro atoms. The van der Waals surface area contributed by atoms with Crippen molar-refractivity contribution in [2.75, 3.05) is 35.2 Å². The number of pyridine rings is 1. The minimum absolute atomic E-state index is 0.125. The van der Waals surface area contributed by atoms with Crippen LogP contribution in [-0.2, 0) is 6.54 Å². The largest absolute Gasteiger partial charge is 0.383 e. The predicted octanol–water partition coefficient (Wildman–Crippen LogP) is 4.19. The number of piperidine rings is 1. The first-order valence-electron chi connectivity index (χ1n) is 10.9. The van der Waals surface area contributed by atoms with Crippen LogP contribution in [0.1, 0.15) is 35.8 Å². The van der Waals surface area contributed by atoms with Gasteiger partial charge in [0, 0.05) is 49.1 Å². The average molecular weight is 419 g/mol. The Bertz CT molecular complexity index is 991. The fraction of sp³-hybridized carbons (Fsp3) is 0.375. The van der Waals surface area contributed by atoms with Crippen molar-refractivity contribution in [3.8, 4) is 0 Å². The molecule has 0 unspecified atom stereocenters. The van der Waals surface area contributed by atoms with E-state index in [4.69, 9.17) is 4.98 Å². The number of nitrogens with one attached hydrogen (secondary N) is 2. The predicted molar refractivity (Wildman–Crippen MR) is 125 cm³/mol. The van der Waals surface area contributed by atoms with Crippen LogP contribution in [0.5, 0.6) is 0 Å². The van der Waals surface area contributed by atoms with E-state index in [2.05, 4.69) is 27.6 Å². The van der Waals surface area contributed by atoms with Crippen LogP contribution in [0.4, 0.5) is 17.2 Å². The lowest BCUT2D eigenvalue weighted by atomic mass is 9.99. The van der Waals surface area contributed by atoms with Gasteiger partial charge in [-0.3, -0.25) is 9.48 Å². The fourth-order valence-electron chi connectivity index (χ4n) is 3.80. The number of hydrogen-bond donors (Lipinski definition) is 2. The molecule has 2 N–H and O–H groups in total. The van der Waals surface area contributed by atoms with Crippen molar-refractivity contribution in [3.63, 3.8) is 0 Å². The molecular weight excluding hydrogens is 388 g/mol. The summed E-state index contributed by atoms with van der Waals surface area (Å²) in [6.45, 7) is 7.71. The topological polar surface area (TPSA) is 75.1 Å². The van der Waals surface area contributed by atoms with Crippen molar-refractivity contribution in [3.05, 3.63) is 66.1 Å². The number of carbonyl (C=O) groups excluding carboxylic acids is 1. The number of amides is 1. The molecule has 1 aliphatic rings. The maximum atomic E-state index is 13.0. The van der Waals surface area contributed by atoms with Gasteiger partial charge in [-0.2, -0.15) is 5.10 Å². The van der Waals surface area contributed by atoms with Gasteiger partial charge in [-0.25, -0.2) is 4.98 Å². The molecule has 4 rings (SSSR count). The fourth-order valence-corrected chi connectivity index (χ4v) is 3.80. The molecule has 2 aromatic heterocycles. The first kappa shape index (κ1) is 20.9. The Labute approximate surface area is 183 Å². The quantitative estimate of drug-likeness (QED) is 0.602. The maximum Gasteiger partial charge on any atom is 0.259 e. The summed E-state index contributed by atoms with van der Waals surface area (Å²) in [6, 6.07) is 13.5. The summed E-state index contributed by atoms with van der Waals surface area (Å²) in [4.78, 5) is 20.0. The molecule has 162 valence electrons. The Morgan fingerprint density at radius 2 is 1.84 bits per heavy atom. The first-order chi connectivity index (χ1) is 15.1. The van der Waals surface area contributed by atoms with E-state index in [-0.39, 0.29) is 5.91 Å². The van der Waals surface area contributed by atoms with Gasteiger partial charge in [-0.15, -0.1) is 0 Å². The van der Waals surface area contributed by atoms with Crippen molar-refractivity contribution in [1.29, 1.82) is 0 Å². The number of hydrogen-bond acceptors (Lipinski definition) is 5.